The Balaban J connectivity index is 1.90. The van der Waals surface area contributed by atoms with Crippen molar-refractivity contribution in [3.8, 4) is 0 Å². The summed E-state index contributed by atoms with van der Waals surface area (Å²) in [5.74, 6) is 0.690. The summed E-state index contributed by atoms with van der Waals surface area (Å²) in [5, 5.41) is 10.8. The molecule has 1 unspecified atom stereocenters. The molecule has 7 nitrogen and oxygen atoms in total. The Hall–Kier alpha value is -2.17. The van der Waals surface area contributed by atoms with E-state index in [1.165, 1.54) is 0 Å². The van der Waals surface area contributed by atoms with Crippen molar-refractivity contribution < 1.29 is 9.18 Å². The molecule has 26 heavy (non-hydrogen) atoms. The Bertz CT molecular complexity index is 818. The number of benzene rings is 1. The van der Waals surface area contributed by atoms with Crippen molar-refractivity contribution in [2.24, 2.45) is 16.5 Å². The number of hydrogen-bond donors (Lipinski definition) is 4. The van der Waals surface area contributed by atoms with Crippen LogP contribution in [0.15, 0.2) is 28.6 Å². The molecule has 1 aromatic rings. The maximum atomic E-state index is 14.1. The van der Waals surface area contributed by atoms with Gasteiger partial charge in [0.05, 0.1) is 0 Å². The largest absolute Gasteiger partial charge is 0.384 e. The summed E-state index contributed by atoms with van der Waals surface area (Å²) in [4.78, 5) is 16.6. The van der Waals surface area contributed by atoms with Crippen LogP contribution in [0.5, 0.6) is 0 Å². The van der Waals surface area contributed by atoms with E-state index in [-0.39, 0.29) is 17.4 Å². The van der Waals surface area contributed by atoms with Crippen molar-refractivity contribution in [2.75, 3.05) is 13.1 Å². The van der Waals surface area contributed by atoms with Crippen molar-refractivity contribution in [3.05, 3.63) is 43.9 Å². The lowest BCUT2D eigenvalue weighted by Gasteiger charge is -2.21. The summed E-state index contributed by atoms with van der Waals surface area (Å²) in [6, 6.07) is 3.92. The zero-order valence-electron chi connectivity index (χ0n) is 14.1. The summed E-state index contributed by atoms with van der Waals surface area (Å²) in [6.45, 7) is 0.733. The van der Waals surface area contributed by atoms with Crippen LogP contribution in [0.25, 0.3) is 0 Å². The number of amides is 1. The molecule has 1 atom stereocenters. The Morgan fingerprint density at radius 2 is 2.27 bits per heavy atom. The maximum Gasteiger partial charge on any atom is 0.207 e. The monoisotopic (exact) mass is 470 g/mol. The van der Waals surface area contributed by atoms with Crippen LogP contribution in [0, 0.1) is 8.98 Å². The molecule has 138 valence electrons. The number of aryl methyl sites for hydroxylation is 1. The topological polar surface area (TPSA) is 121 Å². The summed E-state index contributed by atoms with van der Waals surface area (Å²) in [5.41, 5.74) is 14.3. The minimum absolute atomic E-state index is 0.0224. The van der Waals surface area contributed by atoms with Crippen LogP contribution in [0.1, 0.15) is 29.3 Å². The standard InChI is InChI=1S/C17H20FIN6O/c18-12-2-1-9-6-13(19)10(5-11(9)12)7-14-24-15(16(20)21)17(22)25(14)4-3-23-8-26/h5-6,8,12,22H,1-4,7,20-21H2,(H,23,26). The Morgan fingerprint density at radius 1 is 1.50 bits per heavy atom. The lowest BCUT2D eigenvalue weighted by Crippen LogP contribution is -2.38. The first-order valence-corrected chi connectivity index (χ1v) is 9.31. The number of hydrogen-bond acceptors (Lipinski definition) is 5. The number of nitrogens with two attached hydrogens (primary N) is 2. The van der Waals surface area contributed by atoms with E-state index < -0.39 is 6.17 Å². The SMILES string of the molecule is N=C1C(=C(N)N)N=C(Cc2cc3c(cc2I)CCC3F)N1CCNC=O. The van der Waals surface area contributed by atoms with Gasteiger partial charge >= 0.3 is 0 Å². The molecule has 0 aromatic heterocycles. The average Bonchev–Trinajstić information content (AvgIpc) is 3.10. The number of alkyl halides is 1. The molecule has 2 aliphatic rings. The molecule has 1 heterocycles. The van der Waals surface area contributed by atoms with Gasteiger partial charge in [-0.25, -0.2) is 9.38 Å². The van der Waals surface area contributed by atoms with Crippen molar-refractivity contribution in [1.29, 1.82) is 5.41 Å². The summed E-state index contributed by atoms with van der Waals surface area (Å²) >= 11 is 2.24. The first-order valence-electron chi connectivity index (χ1n) is 8.24. The second kappa shape index (κ2) is 7.60. The first kappa shape index (κ1) is 18.6. The quantitative estimate of drug-likeness (QED) is 0.285. The lowest BCUT2D eigenvalue weighted by molar-refractivity contribution is -0.109. The van der Waals surface area contributed by atoms with Gasteiger partial charge in [-0.2, -0.15) is 0 Å². The summed E-state index contributed by atoms with van der Waals surface area (Å²) in [6.07, 6.45) is 1.40. The van der Waals surface area contributed by atoms with Crippen molar-refractivity contribution in [1.82, 2.24) is 10.2 Å². The highest BCUT2D eigenvalue weighted by atomic mass is 127. The van der Waals surface area contributed by atoms with E-state index in [9.17, 15) is 9.18 Å². The number of carbonyl (C=O) groups is 1. The van der Waals surface area contributed by atoms with Crippen LogP contribution in [-0.4, -0.2) is 36.1 Å². The van der Waals surface area contributed by atoms with E-state index in [2.05, 4.69) is 32.9 Å². The highest BCUT2D eigenvalue weighted by Gasteiger charge is 2.30. The second-order valence-electron chi connectivity index (χ2n) is 6.23. The van der Waals surface area contributed by atoms with Crippen LogP contribution in [0.4, 0.5) is 4.39 Å². The number of rotatable bonds is 6. The molecule has 0 bridgehead atoms. The minimum Gasteiger partial charge on any atom is -0.384 e. The molecule has 1 amide bonds. The Labute approximate surface area is 164 Å². The molecule has 6 N–H and O–H groups in total. The molecule has 0 spiro atoms. The predicted molar refractivity (Wildman–Crippen MR) is 106 cm³/mol. The Kier molecular flexibility index (Phi) is 5.44. The van der Waals surface area contributed by atoms with Crippen molar-refractivity contribution in [3.63, 3.8) is 0 Å². The van der Waals surface area contributed by atoms with E-state index in [4.69, 9.17) is 16.9 Å². The summed E-state index contributed by atoms with van der Waals surface area (Å²) < 4.78 is 15.1. The van der Waals surface area contributed by atoms with Gasteiger partial charge in [-0.15, -0.1) is 0 Å². The predicted octanol–water partition coefficient (Wildman–Crippen LogP) is 1.31. The smallest absolute Gasteiger partial charge is 0.207 e. The van der Waals surface area contributed by atoms with E-state index in [1.807, 2.05) is 12.1 Å². The van der Waals surface area contributed by atoms with Gasteiger partial charge in [-0.05, 0) is 58.2 Å². The van der Waals surface area contributed by atoms with Gasteiger partial charge in [0.1, 0.15) is 23.5 Å². The van der Waals surface area contributed by atoms with Crippen molar-refractivity contribution in [2.45, 2.75) is 25.4 Å². The number of carbonyl (C=O) groups excluding carboxylic acids is 1. The maximum absolute atomic E-state index is 14.1. The molecule has 3 rings (SSSR count). The fourth-order valence-corrected chi connectivity index (χ4v) is 3.96. The second-order valence-corrected chi connectivity index (χ2v) is 7.39. The average molecular weight is 470 g/mol. The van der Waals surface area contributed by atoms with E-state index in [0.717, 1.165) is 26.7 Å². The van der Waals surface area contributed by atoms with Gasteiger partial charge < -0.3 is 21.7 Å². The first-order chi connectivity index (χ1) is 12.4. The highest BCUT2D eigenvalue weighted by Crippen LogP contribution is 2.36. The zero-order valence-corrected chi connectivity index (χ0v) is 16.2. The molecule has 0 radical (unpaired) electrons. The van der Waals surface area contributed by atoms with Crippen LogP contribution >= 0.6 is 22.6 Å². The van der Waals surface area contributed by atoms with Gasteiger partial charge in [0, 0.05) is 23.1 Å². The number of amidine groups is 2. The van der Waals surface area contributed by atoms with E-state index in [1.54, 1.807) is 4.90 Å². The van der Waals surface area contributed by atoms with Gasteiger partial charge in [-0.3, -0.25) is 10.2 Å². The third-order valence-electron chi connectivity index (χ3n) is 4.54. The Morgan fingerprint density at radius 3 is 2.96 bits per heavy atom. The van der Waals surface area contributed by atoms with Gasteiger partial charge in [0.15, 0.2) is 5.84 Å². The fraction of sp³-hybridized carbons (Fsp3) is 0.353. The number of nitrogens with one attached hydrogen (secondary N) is 2. The molecule has 1 aliphatic carbocycles. The number of nitrogens with zero attached hydrogens (tertiary/aromatic N) is 2. The third kappa shape index (κ3) is 3.53. The lowest BCUT2D eigenvalue weighted by atomic mass is 10.0. The van der Waals surface area contributed by atoms with E-state index >= 15 is 0 Å². The zero-order chi connectivity index (χ0) is 18.8. The van der Waals surface area contributed by atoms with E-state index in [0.29, 0.717) is 38.2 Å². The molecule has 9 heteroatoms. The van der Waals surface area contributed by atoms with Crippen LogP contribution in [-0.2, 0) is 17.6 Å². The van der Waals surface area contributed by atoms with Crippen molar-refractivity contribution >= 4 is 40.7 Å². The highest BCUT2D eigenvalue weighted by molar-refractivity contribution is 14.1. The molecular weight excluding hydrogens is 450 g/mol. The molecule has 1 aliphatic heterocycles. The van der Waals surface area contributed by atoms with Crippen LogP contribution < -0.4 is 16.8 Å². The third-order valence-corrected chi connectivity index (χ3v) is 5.55. The molecule has 0 saturated carbocycles. The fourth-order valence-electron chi connectivity index (χ4n) is 3.24. The van der Waals surface area contributed by atoms with Gasteiger partial charge in [0.25, 0.3) is 0 Å². The molecule has 1 aromatic carbocycles. The molecule has 0 saturated heterocycles. The normalized spacial score (nSPS) is 18.8. The minimum atomic E-state index is -0.924. The van der Waals surface area contributed by atoms with Gasteiger partial charge in [0.2, 0.25) is 6.41 Å². The molecular formula is C17H20FIN6O. The van der Waals surface area contributed by atoms with Crippen LogP contribution in [0.2, 0.25) is 0 Å². The van der Waals surface area contributed by atoms with Gasteiger partial charge in [-0.1, -0.05) is 6.07 Å². The number of fused-ring (bicyclic) bond motifs is 1. The number of aliphatic imine (C=N–C) groups is 1. The van der Waals surface area contributed by atoms with Crippen LogP contribution in [0.3, 0.4) is 0 Å². The number of halogens is 2. The molecule has 0 fully saturated rings. The summed E-state index contributed by atoms with van der Waals surface area (Å²) in [7, 11) is 0.